The van der Waals surface area contributed by atoms with Crippen molar-refractivity contribution in [1.29, 1.82) is 0 Å². The van der Waals surface area contributed by atoms with Crippen molar-refractivity contribution >= 4 is 12.4 Å². The van der Waals surface area contributed by atoms with Gasteiger partial charge in [-0.05, 0) is 19.4 Å². The summed E-state index contributed by atoms with van der Waals surface area (Å²) in [4.78, 5) is 0. The second kappa shape index (κ2) is 11.9. The van der Waals surface area contributed by atoms with Crippen molar-refractivity contribution in [3.05, 3.63) is 0 Å². The molecular formula is C6H17ClN2O. The molecule has 0 saturated heterocycles. The molecule has 0 heterocycles. The Morgan fingerprint density at radius 3 is 2.40 bits per heavy atom. The van der Waals surface area contributed by atoms with Crippen molar-refractivity contribution in [3.8, 4) is 0 Å². The van der Waals surface area contributed by atoms with E-state index in [9.17, 15) is 0 Å². The quantitative estimate of drug-likeness (QED) is 0.479. The predicted molar refractivity (Wildman–Crippen MR) is 45.5 cm³/mol. The zero-order valence-electron chi connectivity index (χ0n) is 6.18. The maximum Gasteiger partial charge on any atom is 0.0431 e. The maximum absolute atomic E-state index is 8.37. The van der Waals surface area contributed by atoms with Gasteiger partial charge in [0.1, 0.15) is 0 Å². The Morgan fingerprint density at radius 2 is 1.90 bits per heavy atom. The molecule has 0 rings (SSSR count). The molecule has 3 nitrogen and oxygen atoms in total. The minimum Gasteiger partial charge on any atom is -0.396 e. The fraction of sp³-hybridized carbons (Fsp3) is 1.00. The minimum atomic E-state index is 0. The fourth-order valence-electron chi connectivity index (χ4n) is 0.589. The zero-order valence-corrected chi connectivity index (χ0v) is 6.99. The van der Waals surface area contributed by atoms with Crippen LogP contribution in [0.1, 0.15) is 12.8 Å². The molecule has 0 aliphatic rings. The molecule has 0 saturated carbocycles. The van der Waals surface area contributed by atoms with Crippen molar-refractivity contribution in [2.24, 2.45) is 5.73 Å². The van der Waals surface area contributed by atoms with Crippen LogP contribution in [0.4, 0.5) is 0 Å². The normalized spacial score (nSPS) is 9.00. The topological polar surface area (TPSA) is 58.3 Å². The first-order chi connectivity index (χ1) is 4.41. The molecule has 0 aromatic rings. The molecule has 0 bridgehead atoms. The molecule has 0 aromatic carbocycles. The number of hydrogen-bond donors (Lipinski definition) is 3. The molecule has 0 amide bonds. The number of hydrogen-bond acceptors (Lipinski definition) is 3. The first kappa shape index (κ1) is 12.8. The molecule has 0 spiro atoms. The average molecular weight is 169 g/mol. The molecule has 0 unspecified atom stereocenters. The van der Waals surface area contributed by atoms with E-state index in [0.29, 0.717) is 13.2 Å². The van der Waals surface area contributed by atoms with Crippen molar-refractivity contribution in [3.63, 3.8) is 0 Å². The third-order valence-electron chi connectivity index (χ3n) is 1.08. The van der Waals surface area contributed by atoms with Crippen molar-refractivity contribution in [2.75, 3.05) is 26.2 Å². The number of halogens is 1. The zero-order chi connectivity index (χ0) is 6.95. The van der Waals surface area contributed by atoms with Gasteiger partial charge in [0.05, 0.1) is 0 Å². The van der Waals surface area contributed by atoms with Gasteiger partial charge in [0.15, 0.2) is 0 Å². The average Bonchev–Trinajstić information content (AvgIpc) is 1.89. The van der Waals surface area contributed by atoms with Gasteiger partial charge < -0.3 is 16.2 Å². The summed E-state index contributed by atoms with van der Waals surface area (Å²) in [5.74, 6) is 0. The summed E-state index contributed by atoms with van der Waals surface area (Å²) in [6.45, 7) is 2.84. The van der Waals surface area contributed by atoms with Gasteiger partial charge in [0.25, 0.3) is 0 Å². The van der Waals surface area contributed by atoms with E-state index in [1.54, 1.807) is 0 Å². The summed E-state index contributed by atoms with van der Waals surface area (Å²) in [7, 11) is 0. The highest BCUT2D eigenvalue weighted by molar-refractivity contribution is 5.85. The number of aliphatic hydroxyl groups is 1. The van der Waals surface area contributed by atoms with Gasteiger partial charge in [-0.1, -0.05) is 0 Å². The van der Waals surface area contributed by atoms with Crippen molar-refractivity contribution in [2.45, 2.75) is 12.8 Å². The smallest absolute Gasteiger partial charge is 0.0431 e. The van der Waals surface area contributed by atoms with Gasteiger partial charge in [-0.15, -0.1) is 12.4 Å². The Balaban J connectivity index is 0. The second-order valence-electron chi connectivity index (χ2n) is 1.97. The highest BCUT2D eigenvalue weighted by Gasteiger charge is 1.84. The van der Waals surface area contributed by atoms with Gasteiger partial charge in [0, 0.05) is 19.7 Å². The van der Waals surface area contributed by atoms with Crippen LogP contribution in [0.2, 0.25) is 0 Å². The first-order valence-electron chi connectivity index (χ1n) is 3.43. The third kappa shape index (κ3) is 11.0. The highest BCUT2D eigenvalue weighted by Crippen LogP contribution is 1.81. The molecule has 0 aliphatic heterocycles. The van der Waals surface area contributed by atoms with E-state index in [0.717, 1.165) is 25.9 Å². The van der Waals surface area contributed by atoms with Crippen molar-refractivity contribution < 1.29 is 5.11 Å². The Hall–Kier alpha value is 0.170. The van der Waals surface area contributed by atoms with E-state index in [1.807, 2.05) is 0 Å². The highest BCUT2D eigenvalue weighted by atomic mass is 35.5. The fourth-order valence-corrected chi connectivity index (χ4v) is 0.589. The minimum absolute atomic E-state index is 0. The summed E-state index contributed by atoms with van der Waals surface area (Å²) in [6.07, 6.45) is 1.92. The van der Waals surface area contributed by atoms with Gasteiger partial charge in [-0.3, -0.25) is 0 Å². The standard InChI is InChI=1S/C6H16N2O.ClH/c7-3-5-8-4-1-2-6-9;/h8-9H,1-7H2;1H. The lowest BCUT2D eigenvalue weighted by atomic mass is 10.3. The molecule has 0 aliphatic carbocycles. The lowest BCUT2D eigenvalue weighted by Crippen LogP contribution is -2.23. The maximum atomic E-state index is 8.37. The monoisotopic (exact) mass is 168 g/mol. The van der Waals surface area contributed by atoms with Crippen LogP contribution in [0.25, 0.3) is 0 Å². The largest absolute Gasteiger partial charge is 0.396 e. The van der Waals surface area contributed by atoms with E-state index in [-0.39, 0.29) is 12.4 Å². The van der Waals surface area contributed by atoms with Crippen LogP contribution in [0.3, 0.4) is 0 Å². The number of nitrogens with two attached hydrogens (primary N) is 1. The SMILES string of the molecule is Cl.NCCNCCCCO. The molecule has 0 fully saturated rings. The van der Waals surface area contributed by atoms with Crippen LogP contribution in [0.5, 0.6) is 0 Å². The van der Waals surface area contributed by atoms with Crippen LogP contribution in [0.15, 0.2) is 0 Å². The van der Waals surface area contributed by atoms with E-state index in [1.165, 1.54) is 0 Å². The van der Waals surface area contributed by atoms with Crippen LogP contribution in [0, 0.1) is 0 Å². The summed E-state index contributed by atoms with van der Waals surface area (Å²) in [5.41, 5.74) is 5.23. The van der Waals surface area contributed by atoms with Gasteiger partial charge in [0.2, 0.25) is 0 Å². The molecule has 0 atom stereocenters. The Bertz CT molecular complexity index is 49.0. The van der Waals surface area contributed by atoms with Gasteiger partial charge in [-0.2, -0.15) is 0 Å². The number of aliphatic hydroxyl groups excluding tert-OH is 1. The van der Waals surface area contributed by atoms with E-state index in [4.69, 9.17) is 10.8 Å². The molecule has 0 aromatic heterocycles. The Morgan fingerprint density at radius 1 is 1.20 bits per heavy atom. The van der Waals surface area contributed by atoms with E-state index >= 15 is 0 Å². The first-order valence-corrected chi connectivity index (χ1v) is 3.43. The van der Waals surface area contributed by atoms with Crippen LogP contribution >= 0.6 is 12.4 Å². The summed E-state index contributed by atoms with van der Waals surface area (Å²) in [5, 5.41) is 11.5. The number of unbranched alkanes of at least 4 members (excludes halogenated alkanes) is 1. The lowest BCUT2D eigenvalue weighted by molar-refractivity contribution is 0.284. The molecule has 10 heavy (non-hydrogen) atoms. The van der Waals surface area contributed by atoms with Crippen LogP contribution < -0.4 is 11.1 Å². The third-order valence-corrected chi connectivity index (χ3v) is 1.08. The predicted octanol–water partition coefficient (Wildman–Crippen LogP) is -0.271. The summed E-state index contributed by atoms with van der Waals surface area (Å²) >= 11 is 0. The molecule has 0 radical (unpaired) electrons. The Labute approximate surface area is 68.4 Å². The lowest BCUT2D eigenvalue weighted by Gasteiger charge is -1.99. The van der Waals surface area contributed by atoms with Crippen molar-refractivity contribution in [1.82, 2.24) is 5.32 Å². The van der Waals surface area contributed by atoms with Gasteiger partial charge in [-0.25, -0.2) is 0 Å². The molecule has 64 valence electrons. The molecular weight excluding hydrogens is 152 g/mol. The molecule has 4 heteroatoms. The van der Waals surface area contributed by atoms with E-state index in [2.05, 4.69) is 5.32 Å². The molecule has 4 N–H and O–H groups in total. The van der Waals surface area contributed by atoms with E-state index < -0.39 is 0 Å². The van der Waals surface area contributed by atoms with Gasteiger partial charge >= 0.3 is 0 Å². The number of rotatable bonds is 6. The van der Waals surface area contributed by atoms with Crippen LogP contribution in [-0.2, 0) is 0 Å². The number of nitrogens with one attached hydrogen (secondary N) is 1. The summed E-state index contributed by atoms with van der Waals surface area (Å²) < 4.78 is 0. The van der Waals surface area contributed by atoms with Crippen LogP contribution in [-0.4, -0.2) is 31.3 Å². The second-order valence-corrected chi connectivity index (χ2v) is 1.97. The summed E-state index contributed by atoms with van der Waals surface area (Å²) in [6, 6.07) is 0. The Kier molecular flexibility index (Phi) is 15.3.